The normalized spacial score (nSPS) is 16.3. The standard InChI is InChI=1S/C22H19F3N2O2/c23-15-6-3-4-13(11-15)10-14-5-1-2-7-17-20(22(28)29)26-27(21(14)17)19-9-8-16(24)12-18(19)25/h3-4,6,8-9,11-12,14H,1-2,5,7,10H2,(H,28,29). The Morgan fingerprint density at radius 3 is 2.62 bits per heavy atom. The molecule has 1 aliphatic rings. The highest BCUT2D eigenvalue weighted by atomic mass is 19.1. The summed E-state index contributed by atoms with van der Waals surface area (Å²) in [5.74, 6) is -3.24. The smallest absolute Gasteiger partial charge is 0.356 e. The van der Waals surface area contributed by atoms with Gasteiger partial charge in [-0.3, -0.25) is 0 Å². The minimum absolute atomic E-state index is 0.00120. The van der Waals surface area contributed by atoms with E-state index in [0.29, 0.717) is 24.1 Å². The van der Waals surface area contributed by atoms with Crippen molar-refractivity contribution < 1.29 is 23.1 Å². The van der Waals surface area contributed by atoms with Gasteiger partial charge in [-0.05, 0) is 55.5 Å². The largest absolute Gasteiger partial charge is 0.476 e. The van der Waals surface area contributed by atoms with Crippen molar-refractivity contribution in [2.24, 2.45) is 0 Å². The third kappa shape index (κ3) is 3.77. The number of benzene rings is 2. The molecule has 0 saturated heterocycles. The molecule has 1 heterocycles. The fraction of sp³-hybridized carbons (Fsp3) is 0.273. The Morgan fingerprint density at radius 1 is 1.10 bits per heavy atom. The number of carboxylic acids is 1. The van der Waals surface area contributed by atoms with E-state index in [-0.39, 0.29) is 23.1 Å². The molecule has 0 radical (unpaired) electrons. The molecule has 0 fully saturated rings. The lowest BCUT2D eigenvalue weighted by Gasteiger charge is -2.19. The Kier molecular flexibility index (Phi) is 5.13. The molecule has 3 aromatic rings. The first-order chi connectivity index (χ1) is 13.9. The van der Waals surface area contributed by atoms with E-state index < -0.39 is 17.6 Å². The molecule has 150 valence electrons. The van der Waals surface area contributed by atoms with Crippen LogP contribution >= 0.6 is 0 Å². The molecule has 29 heavy (non-hydrogen) atoms. The molecule has 1 unspecified atom stereocenters. The number of hydrogen-bond acceptors (Lipinski definition) is 2. The SMILES string of the molecule is O=C(O)c1nn(-c2ccc(F)cc2F)c2c1CCCCC2Cc1cccc(F)c1. The van der Waals surface area contributed by atoms with Crippen LogP contribution < -0.4 is 0 Å². The van der Waals surface area contributed by atoms with Crippen molar-refractivity contribution in [3.8, 4) is 5.69 Å². The van der Waals surface area contributed by atoms with Crippen molar-refractivity contribution in [2.75, 3.05) is 0 Å². The lowest BCUT2D eigenvalue weighted by Crippen LogP contribution is -2.12. The second kappa shape index (κ2) is 7.73. The van der Waals surface area contributed by atoms with Crippen LogP contribution in [0.5, 0.6) is 0 Å². The van der Waals surface area contributed by atoms with E-state index in [1.807, 2.05) is 6.07 Å². The highest BCUT2D eigenvalue weighted by Crippen LogP contribution is 2.37. The molecule has 2 aromatic carbocycles. The summed E-state index contributed by atoms with van der Waals surface area (Å²) in [4.78, 5) is 11.8. The van der Waals surface area contributed by atoms with E-state index in [9.17, 15) is 23.1 Å². The van der Waals surface area contributed by atoms with Gasteiger partial charge in [0.15, 0.2) is 11.5 Å². The molecule has 1 aromatic heterocycles. The zero-order valence-electron chi connectivity index (χ0n) is 15.5. The van der Waals surface area contributed by atoms with Crippen molar-refractivity contribution >= 4 is 5.97 Å². The van der Waals surface area contributed by atoms with Gasteiger partial charge >= 0.3 is 5.97 Å². The zero-order valence-corrected chi connectivity index (χ0v) is 15.5. The topological polar surface area (TPSA) is 55.1 Å². The molecule has 1 N–H and O–H groups in total. The monoisotopic (exact) mass is 400 g/mol. The van der Waals surface area contributed by atoms with E-state index in [0.717, 1.165) is 37.0 Å². The summed E-state index contributed by atoms with van der Waals surface area (Å²) in [7, 11) is 0. The molecule has 0 bridgehead atoms. The molecule has 0 amide bonds. The van der Waals surface area contributed by atoms with Crippen molar-refractivity contribution in [1.29, 1.82) is 0 Å². The van der Waals surface area contributed by atoms with Crippen LogP contribution in [0.4, 0.5) is 13.2 Å². The Labute approximate surface area is 165 Å². The van der Waals surface area contributed by atoms with E-state index in [1.165, 1.54) is 22.9 Å². The summed E-state index contributed by atoms with van der Waals surface area (Å²) in [5.41, 5.74) is 1.83. The van der Waals surface area contributed by atoms with Crippen LogP contribution in [0.15, 0.2) is 42.5 Å². The van der Waals surface area contributed by atoms with Gasteiger partial charge in [-0.25, -0.2) is 22.6 Å². The van der Waals surface area contributed by atoms with E-state index in [4.69, 9.17) is 0 Å². The lowest BCUT2D eigenvalue weighted by molar-refractivity contribution is 0.0688. The predicted octanol–water partition coefficient (Wildman–Crippen LogP) is 5.04. The number of halogens is 3. The first-order valence-electron chi connectivity index (χ1n) is 9.49. The average molecular weight is 400 g/mol. The zero-order chi connectivity index (χ0) is 20.5. The van der Waals surface area contributed by atoms with Crippen molar-refractivity contribution in [3.63, 3.8) is 0 Å². The van der Waals surface area contributed by atoms with Crippen LogP contribution in [0.1, 0.15) is 52.5 Å². The maximum atomic E-state index is 14.5. The highest BCUT2D eigenvalue weighted by Gasteiger charge is 2.31. The molecule has 0 saturated carbocycles. The molecule has 1 atom stereocenters. The van der Waals surface area contributed by atoms with Crippen molar-refractivity contribution in [1.82, 2.24) is 9.78 Å². The molecule has 0 spiro atoms. The van der Waals surface area contributed by atoms with Gasteiger partial charge in [0, 0.05) is 17.5 Å². The minimum atomic E-state index is -1.19. The van der Waals surface area contributed by atoms with Gasteiger partial charge < -0.3 is 5.11 Å². The molecule has 4 nitrogen and oxygen atoms in total. The van der Waals surface area contributed by atoms with Gasteiger partial charge in [0.25, 0.3) is 0 Å². The van der Waals surface area contributed by atoms with Crippen LogP contribution in [-0.4, -0.2) is 20.9 Å². The summed E-state index contributed by atoms with van der Waals surface area (Å²) in [6.07, 6.45) is 3.36. The number of carbonyl (C=O) groups is 1. The molecule has 4 rings (SSSR count). The highest BCUT2D eigenvalue weighted by molar-refractivity contribution is 5.87. The van der Waals surface area contributed by atoms with Gasteiger partial charge in [-0.1, -0.05) is 18.6 Å². The summed E-state index contributed by atoms with van der Waals surface area (Å²) in [5, 5.41) is 13.8. The molecule has 7 heteroatoms. The average Bonchev–Trinajstić information content (AvgIpc) is 2.92. The first kappa shape index (κ1) is 19.2. The summed E-state index contributed by atoms with van der Waals surface area (Å²) >= 11 is 0. The van der Waals surface area contributed by atoms with Crippen LogP contribution in [0.25, 0.3) is 5.69 Å². The van der Waals surface area contributed by atoms with Crippen LogP contribution in [0.3, 0.4) is 0 Å². The minimum Gasteiger partial charge on any atom is -0.476 e. The van der Waals surface area contributed by atoms with E-state index in [1.54, 1.807) is 6.07 Å². The van der Waals surface area contributed by atoms with Gasteiger partial charge in [-0.2, -0.15) is 5.10 Å². The maximum absolute atomic E-state index is 14.5. The molecular weight excluding hydrogens is 381 g/mol. The number of aromatic carboxylic acids is 1. The van der Waals surface area contributed by atoms with Gasteiger partial charge in [-0.15, -0.1) is 0 Å². The van der Waals surface area contributed by atoms with E-state index >= 15 is 0 Å². The summed E-state index contributed by atoms with van der Waals surface area (Å²) in [6.45, 7) is 0. The Hall–Kier alpha value is -3.09. The Morgan fingerprint density at radius 2 is 1.90 bits per heavy atom. The Bertz CT molecular complexity index is 1080. The summed E-state index contributed by atoms with van der Waals surface area (Å²) < 4.78 is 42.9. The lowest BCUT2D eigenvalue weighted by atomic mass is 9.91. The number of aromatic nitrogens is 2. The predicted molar refractivity (Wildman–Crippen MR) is 101 cm³/mol. The third-order valence-electron chi connectivity index (χ3n) is 5.35. The van der Waals surface area contributed by atoms with Crippen molar-refractivity contribution in [2.45, 2.75) is 38.0 Å². The number of carboxylic acid groups (broad SMARTS) is 1. The number of rotatable bonds is 4. The molecule has 0 aliphatic heterocycles. The van der Waals surface area contributed by atoms with Crippen LogP contribution in [0, 0.1) is 17.5 Å². The maximum Gasteiger partial charge on any atom is 0.356 e. The summed E-state index contributed by atoms with van der Waals surface area (Å²) in [6, 6.07) is 9.37. The second-order valence-corrected chi connectivity index (χ2v) is 7.30. The third-order valence-corrected chi connectivity index (χ3v) is 5.35. The van der Waals surface area contributed by atoms with Gasteiger partial charge in [0.2, 0.25) is 0 Å². The van der Waals surface area contributed by atoms with E-state index in [2.05, 4.69) is 5.10 Å². The molecular formula is C22H19F3N2O2. The first-order valence-corrected chi connectivity index (χ1v) is 9.49. The van der Waals surface area contributed by atoms with Crippen LogP contribution in [0.2, 0.25) is 0 Å². The Balaban J connectivity index is 1.88. The second-order valence-electron chi connectivity index (χ2n) is 7.30. The van der Waals surface area contributed by atoms with Gasteiger partial charge in [0.1, 0.15) is 17.3 Å². The number of fused-ring (bicyclic) bond motifs is 1. The number of hydrogen-bond donors (Lipinski definition) is 1. The van der Waals surface area contributed by atoms with Crippen molar-refractivity contribution in [3.05, 3.63) is 82.4 Å². The van der Waals surface area contributed by atoms with Gasteiger partial charge in [0.05, 0.1) is 5.69 Å². The quantitative estimate of drug-likeness (QED) is 0.624. The fourth-order valence-electron chi connectivity index (χ4n) is 4.11. The fourth-order valence-corrected chi connectivity index (χ4v) is 4.11. The number of nitrogens with zero attached hydrogens (tertiary/aromatic N) is 2. The van der Waals surface area contributed by atoms with Crippen LogP contribution in [-0.2, 0) is 12.8 Å². The molecule has 1 aliphatic carbocycles.